The third-order valence-electron chi connectivity index (χ3n) is 6.03. The predicted molar refractivity (Wildman–Crippen MR) is 107 cm³/mol. The van der Waals surface area contributed by atoms with Crippen molar-refractivity contribution in [3.63, 3.8) is 0 Å². The van der Waals surface area contributed by atoms with Crippen LogP contribution in [-0.2, 0) is 0 Å². The van der Waals surface area contributed by atoms with E-state index in [9.17, 15) is 0 Å². The van der Waals surface area contributed by atoms with Crippen molar-refractivity contribution in [2.45, 2.75) is 44.4 Å². The maximum absolute atomic E-state index is 6.65. The van der Waals surface area contributed by atoms with Gasteiger partial charge in [-0.25, -0.2) is 0 Å². The number of hydrogen-bond donors (Lipinski definition) is 1. The van der Waals surface area contributed by atoms with E-state index in [1.54, 1.807) is 0 Å². The van der Waals surface area contributed by atoms with Gasteiger partial charge in [0.15, 0.2) is 5.72 Å². The first-order valence-corrected chi connectivity index (χ1v) is 10.3. The maximum atomic E-state index is 6.65. The number of halogens is 1. The molecule has 1 spiro atoms. The van der Waals surface area contributed by atoms with Crippen molar-refractivity contribution in [1.82, 2.24) is 10.4 Å². The third kappa shape index (κ3) is 2.58. The Hall–Kier alpha value is -1.78. The van der Waals surface area contributed by atoms with Gasteiger partial charge in [-0.1, -0.05) is 53.2 Å². The summed E-state index contributed by atoms with van der Waals surface area (Å²) in [7, 11) is 0. The summed E-state index contributed by atoms with van der Waals surface area (Å²) in [4.78, 5) is 0. The number of rotatable bonds is 1. The van der Waals surface area contributed by atoms with Crippen molar-refractivity contribution in [3.05, 3.63) is 70.2 Å². The lowest BCUT2D eigenvalue weighted by Gasteiger charge is -2.51. The zero-order valence-corrected chi connectivity index (χ0v) is 16.5. The summed E-state index contributed by atoms with van der Waals surface area (Å²) in [5.41, 5.74) is 7.07. The lowest BCUT2D eigenvalue weighted by atomic mass is 9.82. The van der Waals surface area contributed by atoms with Crippen molar-refractivity contribution in [2.75, 3.05) is 0 Å². The minimum absolute atomic E-state index is 0.215. The predicted octanol–water partition coefficient (Wildman–Crippen LogP) is 5.65. The molecule has 5 rings (SSSR count). The van der Waals surface area contributed by atoms with Gasteiger partial charge in [0.05, 0.1) is 11.7 Å². The van der Waals surface area contributed by atoms with Gasteiger partial charge in [0, 0.05) is 22.9 Å². The quantitative estimate of drug-likeness (QED) is 0.656. The van der Waals surface area contributed by atoms with E-state index in [2.05, 4.69) is 87.9 Å². The van der Waals surface area contributed by atoms with Crippen molar-refractivity contribution >= 4 is 21.6 Å². The number of hydrogen-bond acceptors (Lipinski definition) is 3. The summed E-state index contributed by atoms with van der Waals surface area (Å²) >= 11 is 3.53. The highest BCUT2D eigenvalue weighted by Crippen LogP contribution is 2.50. The van der Waals surface area contributed by atoms with E-state index >= 15 is 0 Å². The number of hydrazine groups is 1. The van der Waals surface area contributed by atoms with E-state index in [1.807, 2.05) is 0 Å². The van der Waals surface area contributed by atoms with Crippen LogP contribution in [-0.4, -0.2) is 10.7 Å². The highest BCUT2D eigenvalue weighted by molar-refractivity contribution is 9.10. The number of benzene rings is 2. The Morgan fingerprint density at radius 2 is 1.81 bits per heavy atom. The normalized spacial score (nSPS) is 30.2. The molecule has 2 aromatic rings. The molecule has 2 aliphatic heterocycles. The van der Waals surface area contributed by atoms with Crippen molar-refractivity contribution < 1.29 is 4.74 Å². The fourth-order valence-electron chi connectivity index (χ4n) is 4.47. The average molecular weight is 411 g/mol. The van der Waals surface area contributed by atoms with Crippen molar-refractivity contribution in [1.29, 1.82) is 0 Å². The smallest absolute Gasteiger partial charge is 0.180 e. The molecule has 0 radical (unpaired) electrons. The first-order chi connectivity index (χ1) is 12.6. The fourth-order valence-corrected chi connectivity index (χ4v) is 4.74. The SMILES string of the molecule is CC1CCC2(CC1)Oc1ccccc1[C@@H]1C=C(c3ccc(Br)cc3)NN12. The molecule has 0 aromatic heterocycles. The highest BCUT2D eigenvalue weighted by atomic mass is 79.9. The average Bonchev–Trinajstić information content (AvgIpc) is 3.12. The van der Waals surface area contributed by atoms with Crippen LogP contribution in [0.5, 0.6) is 5.75 Å². The molecule has 0 saturated heterocycles. The zero-order valence-electron chi connectivity index (χ0n) is 14.9. The summed E-state index contributed by atoms with van der Waals surface area (Å²) in [6.45, 7) is 2.35. The van der Waals surface area contributed by atoms with E-state index in [0.717, 1.165) is 29.0 Å². The highest BCUT2D eigenvalue weighted by Gasteiger charge is 2.51. The third-order valence-corrected chi connectivity index (χ3v) is 6.56. The molecular formula is C22H23BrN2O. The Morgan fingerprint density at radius 1 is 1.08 bits per heavy atom. The molecule has 1 aliphatic carbocycles. The standard InChI is InChI=1S/C22H23BrN2O/c1-15-10-12-22(13-11-15)25-20(18-4-2-3-5-21(18)26-22)14-19(24-25)16-6-8-17(23)9-7-16/h2-9,14-15,20,24H,10-13H2,1H3/t15?,20-,22?/m0/s1. The van der Waals surface area contributed by atoms with Gasteiger partial charge in [-0.2, -0.15) is 5.01 Å². The van der Waals surface area contributed by atoms with Crippen LogP contribution in [0.25, 0.3) is 5.70 Å². The summed E-state index contributed by atoms with van der Waals surface area (Å²) in [6.07, 6.45) is 6.90. The number of nitrogens with zero attached hydrogens (tertiary/aromatic N) is 1. The second kappa shape index (κ2) is 6.14. The molecule has 0 bridgehead atoms. The molecular weight excluding hydrogens is 388 g/mol. The topological polar surface area (TPSA) is 24.5 Å². The van der Waals surface area contributed by atoms with Gasteiger partial charge < -0.3 is 10.2 Å². The number of ether oxygens (including phenoxy) is 1. The second-order valence-electron chi connectivity index (χ2n) is 7.78. The second-order valence-corrected chi connectivity index (χ2v) is 8.70. The maximum Gasteiger partial charge on any atom is 0.180 e. The summed E-state index contributed by atoms with van der Waals surface area (Å²) in [6, 6.07) is 17.2. The lowest BCUT2D eigenvalue weighted by Crippen LogP contribution is -2.60. The Kier molecular flexibility index (Phi) is 3.87. The Bertz CT molecular complexity index is 853. The van der Waals surface area contributed by atoms with E-state index in [1.165, 1.54) is 29.7 Å². The lowest BCUT2D eigenvalue weighted by molar-refractivity contribution is -0.155. The van der Waals surface area contributed by atoms with Gasteiger partial charge >= 0.3 is 0 Å². The van der Waals surface area contributed by atoms with E-state index < -0.39 is 0 Å². The first kappa shape index (κ1) is 16.4. The van der Waals surface area contributed by atoms with E-state index in [0.29, 0.717) is 0 Å². The van der Waals surface area contributed by atoms with Crippen LogP contribution < -0.4 is 10.2 Å². The Morgan fingerprint density at radius 3 is 2.58 bits per heavy atom. The molecule has 4 heteroatoms. The molecule has 1 atom stereocenters. The Balaban J connectivity index is 1.56. The molecule has 1 saturated carbocycles. The van der Waals surface area contributed by atoms with Gasteiger partial charge in [0.1, 0.15) is 5.75 Å². The summed E-state index contributed by atoms with van der Waals surface area (Å²) in [5, 5.41) is 2.37. The molecule has 26 heavy (non-hydrogen) atoms. The molecule has 3 nitrogen and oxygen atoms in total. The van der Waals surface area contributed by atoms with Crippen LogP contribution in [0.4, 0.5) is 0 Å². The largest absolute Gasteiger partial charge is 0.471 e. The van der Waals surface area contributed by atoms with Crippen LogP contribution in [0.1, 0.15) is 49.8 Å². The van der Waals surface area contributed by atoms with Crippen LogP contribution in [0.3, 0.4) is 0 Å². The minimum atomic E-state index is -0.251. The van der Waals surface area contributed by atoms with E-state index in [4.69, 9.17) is 4.74 Å². The summed E-state index contributed by atoms with van der Waals surface area (Å²) < 4.78 is 7.75. The van der Waals surface area contributed by atoms with Gasteiger partial charge in [0.2, 0.25) is 0 Å². The van der Waals surface area contributed by atoms with Crippen molar-refractivity contribution in [2.24, 2.45) is 5.92 Å². The first-order valence-electron chi connectivity index (χ1n) is 9.46. The molecule has 1 fully saturated rings. The molecule has 134 valence electrons. The fraction of sp³-hybridized carbons (Fsp3) is 0.364. The summed E-state index contributed by atoms with van der Waals surface area (Å²) in [5.74, 6) is 1.82. The Labute approximate surface area is 163 Å². The van der Waals surface area contributed by atoms with Gasteiger partial charge in [0.25, 0.3) is 0 Å². The molecule has 2 heterocycles. The zero-order chi connectivity index (χ0) is 17.7. The molecule has 2 aromatic carbocycles. The minimum Gasteiger partial charge on any atom is -0.471 e. The number of fused-ring (bicyclic) bond motifs is 4. The number of nitrogens with one attached hydrogen (secondary N) is 1. The number of para-hydroxylation sites is 1. The molecule has 0 unspecified atom stereocenters. The van der Waals surface area contributed by atoms with Gasteiger partial charge in [-0.15, -0.1) is 0 Å². The van der Waals surface area contributed by atoms with E-state index in [-0.39, 0.29) is 11.8 Å². The molecule has 3 aliphatic rings. The molecule has 0 amide bonds. The van der Waals surface area contributed by atoms with Gasteiger partial charge in [-0.3, -0.25) is 0 Å². The monoisotopic (exact) mass is 410 g/mol. The van der Waals surface area contributed by atoms with Crippen LogP contribution in [0, 0.1) is 5.92 Å². The van der Waals surface area contributed by atoms with Crippen LogP contribution in [0.15, 0.2) is 59.1 Å². The van der Waals surface area contributed by atoms with Crippen molar-refractivity contribution in [3.8, 4) is 5.75 Å². The molecule has 1 N–H and O–H groups in total. The van der Waals surface area contributed by atoms with Crippen LogP contribution >= 0.6 is 15.9 Å². The van der Waals surface area contributed by atoms with Crippen LogP contribution in [0.2, 0.25) is 0 Å². The van der Waals surface area contributed by atoms with Gasteiger partial charge in [-0.05, 0) is 48.6 Å².